The third-order valence-corrected chi connectivity index (χ3v) is 6.34. The Morgan fingerprint density at radius 1 is 1.13 bits per heavy atom. The molecule has 2 rings (SSSR count). The van der Waals surface area contributed by atoms with Crippen LogP contribution in [0.25, 0.3) is 0 Å². The standard InChI is InChI=1S/C17H20N2O2S2/c1-4-16-11-12-17(22-16)23(20,21)18-13-5-6-14-7-9-15(10-8-14)19(2)3/h7-12,18H,4,13H2,1-3H3. The molecule has 1 aromatic carbocycles. The van der Waals surface area contributed by atoms with E-state index in [1.54, 1.807) is 6.07 Å². The van der Waals surface area contributed by atoms with E-state index in [-0.39, 0.29) is 6.54 Å². The van der Waals surface area contributed by atoms with Crippen molar-refractivity contribution in [3.63, 3.8) is 0 Å². The first-order valence-corrected chi connectivity index (χ1v) is 9.57. The average Bonchev–Trinajstić information content (AvgIpc) is 3.02. The summed E-state index contributed by atoms with van der Waals surface area (Å²) in [6.07, 6.45) is 0.836. The highest BCUT2D eigenvalue weighted by Crippen LogP contribution is 2.21. The van der Waals surface area contributed by atoms with Crippen LogP contribution < -0.4 is 9.62 Å². The topological polar surface area (TPSA) is 49.4 Å². The van der Waals surface area contributed by atoms with Gasteiger partial charge in [0.2, 0.25) is 0 Å². The van der Waals surface area contributed by atoms with E-state index < -0.39 is 10.0 Å². The molecule has 122 valence electrons. The van der Waals surface area contributed by atoms with Gasteiger partial charge in [-0.15, -0.1) is 11.3 Å². The summed E-state index contributed by atoms with van der Waals surface area (Å²) in [5.74, 6) is 5.81. The lowest BCUT2D eigenvalue weighted by atomic mass is 10.2. The van der Waals surface area contributed by atoms with Crippen LogP contribution in [-0.2, 0) is 16.4 Å². The third-order valence-electron chi connectivity index (χ3n) is 3.22. The molecule has 0 aliphatic carbocycles. The van der Waals surface area contributed by atoms with Crippen LogP contribution in [0.3, 0.4) is 0 Å². The summed E-state index contributed by atoms with van der Waals surface area (Å²) in [6.45, 7) is 2.10. The maximum absolute atomic E-state index is 12.1. The van der Waals surface area contributed by atoms with Crippen molar-refractivity contribution in [2.24, 2.45) is 0 Å². The second-order valence-electron chi connectivity index (χ2n) is 5.14. The van der Waals surface area contributed by atoms with E-state index in [2.05, 4.69) is 16.6 Å². The number of anilines is 1. The summed E-state index contributed by atoms with van der Waals surface area (Å²) in [7, 11) is 0.490. The van der Waals surface area contributed by atoms with Crippen molar-refractivity contribution in [2.75, 3.05) is 25.5 Å². The lowest BCUT2D eigenvalue weighted by Crippen LogP contribution is -2.23. The number of hydrogen-bond donors (Lipinski definition) is 1. The molecule has 0 radical (unpaired) electrons. The predicted molar refractivity (Wildman–Crippen MR) is 96.5 cm³/mol. The van der Waals surface area contributed by atoms with E-state index in [4.69, 9.17) is 0 Å². The number of hydrogen-bond acceptors (Lipinski definition) is 4. The van der Waals surface area contributed by atoms with Gasteiger partial charge in [0, 0.05) is 30.2 Å². The molecular weight excluding hydrogens is 328 g/mol. The fourth-order valence-corrected chi connectivity index (χ4v) is 4.15. The Bertz CT molecular complexity index is 810. The van der Waals surface area contributed by atoms with Gasteiger partial charge in [-0.3, -0.25) is 0 Å². The molecule has 6 heteroatoms. The number of sulfonamides is 1. The van der Waals surface area contributed by atoms with Gasteiger partial charge >= 0.3 is 0 Å². The Labute approximate surface area is 142 Å². The van der Waals surface area contributed by atoms with Crippen LogP contribution in [0.1, 0.15) is 17.4 Å². The molecule has 0 aliphatic heterocycles. The van der Waals surface area contributed by atoms with Gasteiger partial charge in [-0.25, -0.2) is 8.42 Å². The molecule has 0 fully saturated rings. The van der Waals surface area contributed by atoms with E-state index in [9.17, 15) is 8.42 Å². The SMILES string of the molecule is CCc1ccc(S(=O)(=O)NCC#Cc2ccc(N(C)C)cc2)s1. The highest BCUT2D eigenvalue weighted by atomic mass is 32.2. The highest BCUT2D eigenvalue weighted by molar-refractivity contribution is 7.91. The van der Waals surface area contributed by atoms with Gasteiger partial charge < -0.3 is 4.90 Å². The first kappa shape index (κ1) is 17.5. The van der Waals surface area contributed by atoms with Gasteiger partial charge in [-0.2, -0.15) is 4.72 Å². The van der Waals surface area contributed by atoms with Crippen molar-refractivity contribution >= 4 is 27.0 Å². The maximum Gasteiger partial charge on any atom is 0.250 e. The Hall–Kier alpha value is -1.81. The summed E-state index contributed by atoms with van der Waals surface area (Å²) in [6, 6.07) is 11.3. The van der Waals surface area contributed by atoms with E-state index in [1.165, 1.54) is 11.3 Å². The Morgan fingerprint density at radius 2 is 1.83 bits per heavy atom. The minimum absolute atomic E-state index is 0.0944. The zero-order valence-electron chi connectivity index (χ0n) is 13.5. The number of aryl methyl sites for hydroxylation is 1. The third kappa shape index (κ3) is 4.83. The molecule has 0 atom stereocenters. The van der Waals surface area contributed by atoms with Crippen LogP contribution in [0.5, 0.6) is 0 Å². The summed E-state index contributed by atoms with van der Waals surface area (Å²) in [5.41, 5.74) is 1.96. The molecule has 0 spiro atoms. The minimum Gasteiger partial charge on any atom is -0.378 e. The van der Waals surface area contributed by atoms with Crippen LogP contribution >= 0.6 is 11.3 Å². The van der Waals surface area contributed by atoms with Gasteiger partial charge in [0.1, 0.15) is 4.21 Å². The first-order valence-electron chi connectivity index (χ1n) is 7.27. The fraction of sp³-hybridized carbons (Fsp3) is 0.294. The van der Waals surface area contributed by atoms with Crippen LogP contribution in [0.2, 0.25) is 0 Å². The quantitative estimate of drug-likeness (QED) is 0.845. The fourth-order valence-electron chi connectivity index (χ4n) is 1.88. The summed E-state index contributed by atoms with van der Waals surface area (Å²) >= 11 is 1.30. The van der Waals surface area contributed by atoms with Crippen molar-refractivity contribution in [2.45, 2.75) is 17.6 Å². The molecule has 0 bridgehead atoms. The molecule has 0 unspecified atom stereocenters. The van der Waals surface area contributed by atoms with Crippen molar-refractivity contribution in [1.82, 2.24) is 4.72 Å². The second kappa shape index (κ2) is 7.64. The van der Waals surface area contributed by atoms with Gasteiger partial charge in [0.05, 0.1) is 6.54 Å². The Balaban J connectivity index is 1.96. The van der Waals surface area contributed by atoms with Gasteiger partial charge in [0.25, 0.3) is 10.0 Å². The molecule has 1 aromatic heterocycles. The van der Waals surface area contributed by atoms with E-state index >= 15 is 0 Å². The molecule has 0 saturated heterocycles. The summed E-state index contributed by atoms with van der Waals surface area (Å²) in [5, 5.41) is 0. The van der Waals surface area contributed by atoms with E-state index in [0.717, 1.165) is 22.5 Å². The molecule has 23 heavy (non-hydrogen) atoms. The van der Waals surface area contributed by atoms with Gasteiger partial charge in [-0.05, 0) is 42.8 Å². The summed E-state index contributed by atoms with van der Waals surface area (Å²) < 4.78 is 27.1. The number of rotatable bonds is 5. The molecular formula is C17H20N2O2S2. The van der Waals surface area contributed by atoms with Gasteiger partial charge in [-0.1, -0.05) is 18.8 Å². The lowest BCUT2D eigenvalue weighted by molar-refractivity contribution is 0.588. The summed E-state index contributed by atoms with van der Waals surface area (Å²) in [4.78, 5) is 3.06. The monoisotopic (exact) mass is 348 g/mol. The minimum atomic E-state index is -3.46. The van der Waals surface area contributed by atoms with Gasteiger partial charge in [0.15, 0.2) is 0 Å². The normalized spacial score (nSPS) is 10.9. The van der Waals surface area contributed by atoms with E-state index in [1.807, 2.05) is 56.3 Å². The number of nitrogens with one attached hydrogen (secondary N) is 1. The molecule has 1 N–H and O–H groups in total. The molecule has 1 heterocycles. The van der Waals surface area contributed by atoms with E-state index in [0.29, 0.717) is 4.21 Å². The Kier molecular flexibility index (Phi) is 5.83. The van der Waals surface area contributed by atoms with Crippen molar-refractivity contribution < 1.29 is 8.42 Å². The van der Waals surface area contributed by atoms with Crippen molar-refractivity contribution in [3.8, 4) is 11.8 Å². The molecule has 0 saturated carbocycles. The highest BCUT2D eigenvalue weighted by Gasteiger charge is 2.15. The maximum atomic E-state index is 12.1. The number of nitrogens with zero attached hydrogens (tertiary/aromatic N) is 1. The zero-order chi connectivity index (χ0) is 16.9. The average molecular weight is 348 g/mol. The number of benzene rings is 1. The van der Waals surface area contributed by atoms with Crippen LogP contribution in [0.4, 0.5) is 5.69 Å². The van der Waals surface area contributed by atoms with Crippen LogP contribution in [-0.4, -0.2) is 29.1 Å². The Morgan fingerprint density at radius 3 is 2.39 bits per heavy atom. The number of thiophene rings is 1. The first-order chi connectivity index (χ1) is 10.9. The zero-order valence-corrected chi connectivity index (χ0v) is 15.1. The van der Waals surface area contributed by atoms with Crippen LogP contribution in [0, 0.1) is 11.8 Å². The molecule has 4 nitrogen and oxygen atoms in total. The van der Waals surface area contributed by atoms with Crippen molar-refractivity contribution in [3.05, 3.63) is 46.8 Å². The van der Waals surface area contributed by atoms with Crippen LogP contribution in [0.15, 0.2) is 40.6 Å². The largest absolute Gasteiger partial charge is 0.378 e. The lowest BCUT2D eigenvalue weighted by Gasteiger charge is -2.11. The predicted octanol–water partition coefficient (Wildman–Crippen LogP) is 2.71. The van der Waals surface area contributed by atoms with Crippen molar-refractivity contribution in [1.29, 1.82) is 0 Å². The molecule has 2 aromatic rings. The molecule has 0 aliphatic rings. The smallest absolute Gasteiger partial charge is 0.250 e. The second-order valence-corrected chi connectivity index (χ2v) is 8.30. The molecule has 0 amide bonds.